The average Bonchev–Trinajstić information content (AvgIpc) is 3.32. The van der Waals surface area contributed by atoms with E-state index in [1.165, 1.54) is 88.6 Å². The summed E-state index contributed by atoms with van der Waals surface area (Å²) in [4.78, 5) is 4.91. The molecule has 0 unspecified atom stereocenters. The fraction of sp³-hybridized carbons (Fsp3) is 0.103. The van der Waals surface area contributed by atoms with E-state index in [-0.39, 0.29) is 13.4 Å². The number of nitrogens with zero attached hydrogens (tertiary/aromatic N) is 2. The monoisotopic (exact) mass is 790 g/mol. The molecule has 0 saturated heterocycles. The molecule has 0 spiro atoms. The molecule has 4 aliphatic heterocycles. The molecule has 0 atom stereocenters. The zero-order valence-corrected chi connectivity index (χ0v) is 35.2. The zero-order valence-electron chi connectivity index (χ0n) is 37.2. The van der Waals surface area contributed by atoms with Gasteiger partial charge in [0.2, 0.25) is 13.4 Å². The van der Waals surface area contributed by atoms with Crippen molar-refractivity contribution < 1.29 is 2.74 Å². The highest BCUT2D eigenvalue weighted by molar-refractivity contribution is 7.02. The van der Waals surface area contributed by atoms with Gasteiger partial charge in [0, 0.05) is 34.1 Å². The van der Waals surface area contributed by atoms with E-state index in [4.69, 9.17) is 0 Å². The maximum atomic E-state index is 10.1. The summed E-state index contributed by atoms with van der Waals surface area (Å²) in [6, 6.07) is 59.3. The molecule has 4 heterocycles. The number of benzene rings is 10. The Hall–Kier alpha value is -7.03. The molecule has 4 aliphatic rings. The zero-order chi connectivity index (χ0) is 42.9. The van der Waals surface area contributed by atoms with Crippen LogP contribution in [0.4, 0.5) is 34.1 Å². The van der Waals surface area contributed by atoms with Crippen molar-refractivity contribution in [3.8, 4) is 22.3 Å². The molecule has 62 heavy (non-hydrogen) atoms. The van der Waals surface area contributed by atoms with Crippen molar-refractivity contribution in [2.24, 2.45) is 0 Å². The minimum absolute atomic E-state index is 0.0457. The van der Waals surface area contributed by atoms with Crippen LogP contribution in [0.3, 0.4) is 0 Å². The quantitative estimate of drug-likeness (QED) is 0.129. The van der Waals surface area contributed by atoms with E-state index in [1.54, 1.807) is 0 Å². The second kappa shape index (κ2) is 12.3. The molecule has 0 fully saturated rings. The number of fused-ring (bicyclic) bond motifs is 8. The number of hydrogen-bond donors (Lipinski definition) is 0. The van der Waals surface area contributed by atoms with E-state index >= 15 is 0 Å². The maximum Gasteiger partial charge on any atom is 0.248 e. The fourth-order valence-corrected chi connectivity index (χ4v) is 12.0. The average molecular weight is 791 g/mol. The lowest BCUT2D eigenvalue weighted by Gasteiger charge is -2.42. The van der Waals surface area contributed by atoms with Crippen LogP contribution in [-0.4, -0.2) is 13.4 Å². The van der Waals surface area contributed by atoms with E-state index in [1.807, 2.05) is 0 Å². The summed E-state index contributed by atoms with van der Waals surface area (Å²) in [6.07, 6.45) is 0. The molecular weight excluding hydrogens is 746 g/mol. The number of rotatable bonds is 4. The summed E-state index contributed by atoms with van der Waals surface area (Å²) in [6.45, 7) is 9.07. The van der Waals surface area contributed by atoms with Gasteiger partial charge in [0.25, 0.3) is 0 Å². The molecule has 0 aliphatic carbocycles. The third-order valence-electron chi connectivity index (χ3n) is 14.7. The van der Waals surface area contributed by atoms with Crippen LogP contribution in [0.25, 0.3) is 54.6 Å². The summed E-state index contributed by atoms with van der Waals surface area (Å²) in [7, 11) is 0. The van der Waals surface area contributed by atoms with Gasteiger partial charge in [-0.1, -0.05) is 160 Å². The van der Waals surface area contributed by atoms with E-state index in [0.29, 0.717) is 23.9 Å². The van der Waals surface area contributed by atoms with Gasteiger partial charge >= 0.3 is 0 Å². The van der Waals surface area contributed by atoms with Crippen LogP contribution in [0, 0.1) is 0 Å². The Morgan fingerprint density at radius 1 is 0.387 bits per heavy atom. The molecule has 4 heteroatoms. The second-order valence-corrected chi connectivity index (χ2v) is 18.6. The molecule has 14 rings (SSSR count). The van der Waals surface area contributed by atoms with Crippen LogP contribution in [-0.2, 0) is 0 Å². The summed E-state index contributed by atoms with van der Waals surface area (Å²) >= 11 is 0. The van der Waals surface area contributed by atoms with Crippen molar-refractivity contribution in [2.75, 3.05) is 9.80 Å². The van der Waals surface area contributed by atoms with Gasteiger partial charge in [-0.05, 0) is 148 Å². The molecule has 0 radical (unpaired) electrons. The SMILES string of the molecule is [2H]c1cc2c3c(cc4c([2H])cc5c6c(cc1c3c46)B1c3ccccc3N(c3ccccc3)c3cc(C(C)C)cc-5c31)B1c3ccccc3N(c3ccccc3)c3cc(C(C)C)cc-2c31. The highest BCUT2D eigenvalue weighted by Crippen LogP contribution is 2.49. The Morgan fingerprint density at radius 3 is 1.21 bits per heavy atom. The lowest BCUT2D eigenvalue weighted by Crippen LogP contribution is -2.60. The number of para-hydroxylation sites is 4. The van der Waals surface area contributed by atoms with E-state index < -0.39 is 0 Å². The second-order valence-electron chi connectivity index (χ2n) is 18.6. The first-order valence-corrected chi connectivity index (χ1v) is 22.3. The minimum Gasteiger partial charge on any atom is -0.311 e. The highest BCUT2D eigenvalue weighted by atomic mass is 15.2. The smallest absolute Gasteiger partial charge is 0.248 e. The van der Waals surface area contributed by atoms with Crippen LogP contribution in [0.2, 0.25) is 0 Å². The molecule has 0 N–H and O–H groups in total. The van der Waals surface area contributed by atoms with E-state index in [9.17, 15) is 2.74 Å². The van der Waals surface area contributed by atoms with Gasteiger partial charge in [-0.2, -0.15) is 0 Å². The first-order valence-electron chi connectivity index (χ1n) is 23.3. The van der Waals surface area contributed by atoms with Gasteiger partial charge in [0.1, 0.15) is 0 Å². The number of hydrogen-bond acceptors (Lipinski definition) is 2. The first kappa shape index (κ1) is 32.7. The Morgan fingerprint density at radius 2 is 0.790 bits per heavy atom. The van der Waals surface area contributed by atoms with Crippen molar-refractivity contribution in [1.82, 2.24) is 0 Å². The highest BCUT2D eigenvalue weighted by Gasteiger charge is 2.45. The molecule has 2 nitrogen and oxygen atoms in total. The van der Waals surface area contributed by atoms with Crippen LogP contribution in [0.5, 0.6) is 0 Å². The van der Waals surface area contributed by atoms with Crippen LogP contribution >= 0.6 is 0 Å². The third kappa shape index (κ3) is 4.37. The van der Waals surface area contributed by atoms with Crippen molar-refractivity contribution in [3.63, 3.8) is 0 Å². The van der Waals surface area contributed by atoms with Crippen LogP contribution in [0.1, 0.15) is 53.4 Å². The molecule has 0 saturated carbocycles. The summed E-state index contributed by atoms with van der Waals surface area (Å²) < 4.78 is 20.2. The molecule has 10 aromatic carbocycles. The maximum absolute atomic E-state index is 10.1. The first-order chi connectivity index (χ1) is 31.3. The third-order valence-corrected chi connectivity index (χ3v) is 14.7. The standard InChI is InChI=1S/C58H42B2N2/c1-33(2)37-27-43-41-25-23-35-30-48-56-42(44-28-38(34(3)4)32-52-58(44)60(48)46-20-12-14-22-50(46)62(52)40-17-9-6-10-18-40)26-24-36-29-47(55(41)53(35)54(36)56)59-45-19-11-13-21-49(45)61(51(31-37)57(43)59)39-15-7-5-8-16-39/h5-34H,1-4H3/i23D,24D. The fourth-order valence-electron chi connectivity index (χ4n) is 12.0. The van der Waals surface area contributed by atoms with Crippen molar-refractivity contribution in [1.29, 1.82) is 0 Å². The van der Waals surface area contributed by atoms with Crippen molar-refractivity contribution >= 4 is 113 Å². The van der Waals surface area contributed by atoms with Crippen molar-refractivity contribution in [2.45, 2.75) is 39.5 Å². The topological polar surface area (TPSA) is 6.48 Å². The van der Waals surface area contributed by atoms with E-state index in [0.717, 1.165) is 44.0 Å². The predicted octanol–water partition coefficient (Wildman–Crippen LogP) is 11.4. The van der Waals surface area contributed by atoms with Gasteiger partial charge in [-0.3, -0.25) is 0 Å². The van der Waals surface area contributed by atoms with Crippen molar-refractivity contribution in [3.05, 3.63) is 181 Å². The Kier molecular flexibility index (Phi) is 6.49. The Balaban J connectivity index is 1.14. The predicted molar refractivity (Wildman–Crippen MR) is 268 cm³/mol. The molecule has 290 valence electrons. The summed E-state index contributed by atoms with van der Waals surface area (Å²) in [5, 5.41) is 6.66. The largest absolute Gasteiger partial charge is 0.311 e. The van der Waals surface area contributed by atoms with Gasteiger partial charge < -0.3 is 9.80 Å². The molecule has 10 aromatic rings. The molecule has 0 aromatic heterocycles. The Bertz CT molecular complexity index is 3430. The minimum atomic E-state index is -0.0457. The molecule has 0 amide bonds. The van der Waals surface area contributed by atoms with Crippen LogP contribution in [0.15, 0.2) is 170 Å². The lowest BCUT2D eigenvalue weighted by atomic mass is 9.31. The van der Waals surface area contributed by atoms with Gasteiger partial charge in [-0.25, -0.2) is 0 Å². The van der Waals surface area contributed by atoms with Gasteiger partial charge in [0.05, 0.1) is 2.74 Å². The normalized spacial score (nSPS) is 14.4. The van der Waals surface area contributed by atoms with Crippen LogP contribution < -0.4 is 42.6 Å². The summed E-state index contributed by atoms with van der Waals surface area (Å²) in [5.74, 6) is 0.606. The van der Waals surface area contributed by atoms with Gasteiger partial charge in [0.15, 0.2) is 0 Å². The van der Waals surface area contributed by atoms with E-state index in [2.05, 4.69) is 195 Å². The number of anilines is 6. The molecule has 0 bridgehead atoms. The van der Waals surface area contributed by atoms with Gasteiger partial charge in [-0.15, -0.1) is 0 Å². The summed E-state index contributed by atoms with van der Waals surface area (Å²) in [5.41, 5.74) is 21.9. The molecular formula is C58H42B2N2. The Labute approximate surface area is 366 Å². The lowest BCUT2D eigenvalue weighted by molar-refractivity contribution is 0.867.